The Bertz CT molecular complexity index is 1040. The summed E-state index contributed by atoms with van der Waals surface area (Å²) in [6.07, 6.45) is -3.27. The Kier molecular flexibility index (Phi) is 5.35. The summed E-state index contributed by atoms with van der Waals surface area (Å²) in [5.41, 5.74) is -1.21. The molecular weight excluding hydrogens is 425 g/mol. The van der Waals surface area contributed by atoms with Crippen LogP contribution < -0.4 is 5.32 Å². The maximum atomic E-state index is 13.1. The fourth-order valence-corrected chi connectivity index (χ4v) is 3.02. The Morgan fingerprint density at radius 2 is 1.93 bits per heavy atom. The van der Waals surface area contributed by atoms with Crippen LogP contribution in [0.15, 0.2) is 30.5 Å². The van der Waals surface area contributed by atoms with E-state index in [-0.39, 0.29) is 17.4 Å². The summed E-state index contributed by atoms with van der Waals surface area (Å²) in [6, 6.07) is 5.33. The minimum atomic E-state index is -4.79. The van der Waals surface area contributed by atoms with Gasteiger partial charge in [0.15, 0.2) is 11.5 Å². The molecule has 0 fully saturated rings. The molecule has 0 saturated carbocycles. The van der Waals surface area contributed by atoms with Crippen LogP contribution in [-0.2, 0) is 19.8 Å². The second kappa shape index (κ2) is 7.44. The number of carbonyl (C=O) groups is 1. The Balaban J connectivity index is 1.77. The molecule has 2 aromatic heterocycles. The summed E-state index contributed by atoms with van der Waals surface area (Å²) in [5.74, 6) is -1.30. The first kappa shape index (κ1) is 20.2. The van der Waals surface area contributed by atoms with E-state index in [1.54, 1.807) is 0 Å². The van der Waals surface area contributed by atoms with Gasteiger partial charge in [0.2, 0.25) is 0 Å². The number of aromatic nitrogens is 4. The van der Waals surface area contributed by atoms with E-state index >= 15 is 0 Å². The number of rotatable bonds is 4. The average molecular weight is 436 g/mol. The summed E-state index contributed by atoms with van der Waals surface area (Å²) in [7, 11) is 1.17. The van der Waals surface area contributed by atoms with Gasteiger partial charge < -0.3 is 5.32 Å². The highest BCUT2D eigenvalue weighted by Crippen LogP contribution is 2.35. The third-order valence-electron chi connectivity index (χ3n) is 3.70. The van der Waals surface area contributed by atoms with Crippen LogP contribution in [0.25, 0.3) is 0 Å². The van der Waals surface area contributed by atoms with Gasteiger partial charge in [-0.2, -0.15) is 23.4 Å². The Labute approximate surface area is 165 Å². The number of benzene rings is 1. The molecule has 2 heterocycles. The minimum absolute atomic E-state index is 0.0778. The molecule has 12 heteroatoms. The van der Waals surface area contributed by atoms with Gasteiger partial charge in [-0.15, -0.1) is 0 Å². The lowest BCUT2D eigenvalue weighted by molar-refractivity contribution is -0.141. The van der Waals surface area contributed by atoms with E-state index in [2.05, 4.69) is 15.5 Å². The first-order chi connectivity index (χ1) is 13.1. The zero-order valence-corrected chi connectivity index (χ0v) is 15.6. The number of hydrogen-bond donors (Lipinski definition) is 1. The van der Waals surface area contributed by atoms with E-state index in [0.29, 0.717) is 5.56 Å². The third kappa shape index (κ3) is 4.12. The van der Waals surface area contributed by atoms with Crippen molar-refractivity contribution < 1.29 is 22.4 Å². The smallest absolute Gasteiger partial charge is 0.304 e. The van der Waals surface area contributed by atoms with Gasteiger partial charge >= 0.3 is 6.18 Å². The summed E-state index contributed by atoms with van der Waals surface area (Å²) < 4.78 is 53.8. The molecule has 0 aliphatic carbocycles. The molecule has 0 saturated heterocycles. The third-order valence-corrected chi connectivity index (χ3v) is 4.41. The van der Waals surface area contributed by atoms with E-state index in [4.69, 9.17) is 23.2 Å². The summed E-state index contributed by atoms with van der Waals surface area (Å²) in [4.78, 5) is 12.3. The summed E-state index contributed by atoms with van der Waals surface area (Å²) in [5, 5.41) is 9.10. The molecule has 28 heavy (non-hydrogen) atoms. The maximum absolute atomic E-state index is 13.1. The van der Waals surface area contributed by atoms with Gasteiger partial charge in [-0.25, -0.2) is 4.39 Å². The average Bonchev–Trinajstić information content (AvgIpc) is 3.13. The van der Waals surface area contributed by atoms with Crippen molar-refractivity contribution in [2.45, 2.75) is 12.7 Å². The molecule has 0 spiro atoms. The van der Waals surface area contributed by atoms with E-state index in [0.717, 1.165) is 10.7 Å². The van der Waals surface area contributed by atoms with Crippen molar-refractivity contribution in [1.29, 1.82) is 0 Å². The van der Waals surface area contributed by atoms with Crippen LogP contribution in [0.4, 0.5) is 23.4 Å². The Morgan fingerprint density at radius 3 is 2.54 bits per heavy atom. The van der Waals surface area contributed by atoms with E-state index in [1.807, 2.05) is 0 Å². The quantitative estimate of drug-likeness (QED) is 0.618. The number of anilines is 1. The zero-order valence-electron chi connectivity index (χ0n) is 14.1. The molecule has 0 aliphatic heterocycles. The zero-order chi connectivity index (χ0) is 20.6. The molecule has 1 amide bonds. The number of nitrogens with one attached hydrogen (secondary N) is 1. The predicted octanol–water partition coefficient (Wildman–Crippen LogP) is 4.38. The van der Waals surface area contributed by atoms with E-state index in [9.17, 15) is 22.4 Å². The van der Waals surface area contributed by atoms with Gasteiger partial charge in [-0.3, -0.25) is 14.2 Å². The van der Waals surface area contributed by atoms with Crippen LogP contribution in [0.3, 0.4) is 0 Å². The molecule has 0 unspecified atom stereocenters. The van der Waals surface area contributed by atoms with Gasteiger partial charge in [0.25, 0.3) is 5.91 Å². The topological polar surface area (TPSA) is 64.7 Å². The normalized spacial score (nSPS) is 11.7. The SMILES string of the molecule is Cn1nc(C(F)(F)F)c(Cl)c1C(=O)Nc1ccn(Cc2ccc(F)cc2Cl)n1. The molecule has 0 radical (unpaired) electrons. The molecule has 0 atom stereocenters. The monoisotopic (exact) mass is 435 g/mol. The van der Waals surface area contributed by atoms with Crippen molar-refractivity contribution in [2.75, 3.05) is 5.32 Å². The van der Waals surface area contributed by atoms with Crippen LogP contribution in [0.5, 0.6) is 0 Å². The molecule has 0 aliphatic rings. The van der Waals surface area contributed by atoms with Crippen LogP contribution in [0, 0.1) is 5.82 Å². The van der Waals surface area contributed by atoms with Crippen molar-refractivity contribution in [1.82, 2.24) is 19.6 Å². The van der Waals surface area contributed by atoms with Crippen molar-refractivity contribution in [3.8, 4) is 0 Å². The summed E-state index contributed by atoms with van der Waals surface area (Å²) >= 11 is 11.6. The van der Waals surface area contributed by atoms with Gasteiger partial charge in [0.1, 0.15) is 16.5 Å². The maximum Gasteiger partial charge on any atom is 0.436 e. The molecule has 3 aromatic rings. The first-order valence-corrected chi connectivity index (χ1v) is 8.40. The number of nitrogens with zero attached hydrogens (tertiary/aromatic N) is 4. The minimum Gasteiger partial charge on any atom is -0.304 e. The lowest BCUT2D eigenvalue weighted by Crippen LogP contribution is -2.17. The second-order valence-electron chi connectivity index (χ2n) is 5.72. The molecule has 1 N–H and O–H groups in total. The predicted molar refractivity (Wildman–Crippen MR) is 93.9 cm³/mol. The standard InChI is InChI=1S/C16H11Cl2F4N5O/c1-26-13(12(18)14(25-26)16(20,21)22)15(28)23-11-4-5-27(24-11)7-8-2-3-9(19)6-10(8)17/h2-6H,7H2,1H3,(H,23,24,28). The molecule has 0 bridgehead atoms. The van der Waals surface area contributed by atoms with Gasteiger partial charge in [0, 0.05) is 24.3 Å². The van der Waals surface area contributed by atoms with Gasteiger partial charge in [-0.1, -0.05) is 29.3 Å². The van der Waals surface area contributed by atoms with Crippen LogP contribution in [0.2, 0.25) is 10.0 Å². The van der Waals surface area contributed by atoms with Crippen LogP contribution >= 0.6 is 23.2 Å². The number of amides is 1. The molecule has 6 nitrogen and oxygen atoms in total. The molecular formula is C16H11Cl2F4N5O. The number of hydrogen-bond acceptors (Lipinski definition) is 3. The highest BCUT2D eigenvalue weighted by molar-refractivity contribution is 6.34. The fraction of sp³-hybridized carbons (Fsp3) is 0.188. The van der Waals surface area contributed by atoms with Crippen LogP contribution in [-0.4, -0.2) is 25.5 Å². The molecule has 1 aromatic carbocycles. The van der Waals surface area contributed by atoms with Crippen molar-refractivity contribution in [2.24, 2.45) is 7.05 Å². The first-order valence-electron chi connectivity index (χ1n) is 7.64. The van der Waals surface area contributed by atoms with Crippen LogP contribution in [0.1, 0.15) is 21.7 Å². The Morgan fingerprint density at radius 1 is 1.21 bits per heavy atom. The van der Waals surface area contributed by atoms with Crippen molar-refractivity contribution in [3.05, 3.63) is 63.3 Å². The fourth-order valence-electron chi connectivity index (χ4n) is 2.44. The van der Waals surface area contributed by atoms with Crippen molar-refractivity contribution >= 4 is 34.9 Å². The lowest BCUT2D eigenvalue weighted by Gasteiger charge is -2.05. The van der Waals surface area contributed by atoms with E-state index in [1.165, 1.54) is 36.1 Å². The Hall–Kier alpha value is -2.59. The molecule has 148 valence electrons. The van der Waals surface area contributed by atoms with Gasteiger partial charge in [-0.05, 0) is 17.7 Å². The number of carbonyl (C=O) groups excluding carboxylic acids is 1. The molecule has 3 rings (SSSR count). The van der Waals surface area contributed by atoms with E-state index < -0.39 is 34.3 Å². The van der Waals surface area contributed by atoms with Crippen molar-refractivity contribution in [3.63, 3.8) is 0 Å². The summed E-state index contributed by atoms with van der Waals surface area (Å²) in [6.45, 7) is 0.194. The second-order valence-corrected chi connectivity index (χ2v) is 6.51. The highest BCUT2D eigenvalue weighted by Gasteiger charge is 2.39. The number of halogens is 6. The highest BCUT2D eigenvalue weighted by atomic mass is 35.5. The lowest BCUT2D eigenvalue weighted by atomic mass is 10.2. The number of aryl methyl sites for hydroxylation is 1. The largest absolute Gasteiger partial charge is 0.436 e. The van der Waals surface area contributed by atoms with Gasteiger partial charge in [0.05, 0.1) is 6.54 Å². The number of alkyl halides is 3.